The molecule has 0 bridgehead atoms. The fraction of sp³-hybridized carbons (Fsp3) is 0.571. The molecule has 0 radical (unpaired) electrons. The lowest BCUT2D eigenvalue weighted by atomic mass is 10.1. The number of aryl methyl sites for hydroxylation is 1. The average molecular weight is 246 g/mol. The summed E-state index contributed by atoms with van der Waals surface area (Å²) in [5, 5.41) is 3.39. The van der Waals surface area contributed by atoms with Crippen LogP contribution in [0.4, 0.5) is 0 Å². The minimum atomic E-state index is 0.420. The van der Waals surface area contributed by atoms with E-state index >= 15 is 0 Å². The first kappa shape index (κ1) is 13.0. The molecule has 0 amide bonds. The van der Waals surface area contributed by atoms with Crippen molar-refractivity contribution in [2.45, 2.75) is 39.7 Å². The monoisotopic (exact) mass is 246 g/mol. The van der Waals surface area contributed by atoms with Gasteiger partial charge in [-0.1, -0.05) is 20.8 Å². The minimum absolute atomic E-state index is 0.420. The van der Waals surface area contributed by atoms with Crippen LogP contribution >= 0.6 is 0 Å². The van der Waals surface area contributed by atoms with E-state index in [4.69, 9.17) is 4.98 Å². The molecule has 0 spiro atoms. The van der Waals surface area contributed by atoms with Gasteiger partial charge in [0.1, 0.15) is 11.3 Å². The SMILES string of the molecule is CCCn1c(C(C)CNCC)nc2cnccc21. The van der Waals surface area contributed by atoms with Gasteiger partial charge in [-0.3, -0.25) is 4.98 Å². The van der Waals surface area contributed by atoms with Gasteiger partial charge in [-0.2, -0.15) is 0 Å². The van der Waals surface area contributed by atoms with Crippen molar-refractivity contribution in [3.63, 3.8) is 0 Å². The van der Waals surface area contributed by atoms with Crippen LogP contribution < -0.4 is 5.32 Å². The van der Waals surface area contributed by atoms with Gasteiger partial charge in [0.25, 0.3) is 0 Å². The van der Waals surface area contributed by atoms with Crippen LogP contribution in [-0.4, -0.2) is 27.6 Å². The fourth-order valence-corrected chi connectivity index (χ4v) is 2.29. The lowest BCUT2D eigenvalue weighted by Crippen LogP contribution is -2.21. The van der Waals surface area contributed by atoms with Crippen LogP contribution in [0.5, 0.6) is 0 Å². The van der Waals surface area contributed by atoms with E-state index in [-0.39, 0.29) is 0 Å². The Kier molecular flexibility index (Phi) is 4.31. The number of nitrogens with zero attached hydrogens (tertiary/aromatic N) is 3. The predicted octanol–water partition coefficient (Wildman–Crippen LogP) is 2.55. The molecule has 1 atom stereocenters. The van der Waals surface area contributed by atoms with E-state index in [0.717, 1.165) is 31.6 Å². The topological polar surface area (TPSA) is 42.7 Å². The Morgan fingerprint density at radius 3 is 2.94 bits per heavy atom. The van der Waals surface area contributed by atoms with E-state index in [1.54, 1.807) is 0 Å². The average Bonchev–Trinajstić information content (AvgIpc) is 2.76. The summed E-state index contributed by atoms with van der Waals surface area (Å²) in [5.41, 5.74) is 2.20. The molecule has 98 valence electrons. The largest absolute Gasteiger partial charge is 0.328 e. The maximum atomic E-state index is 4.74. The number of fused-ring (bicyclic) bond motifs is 1. The van der Waals surface area contributed by atoms with Crippen molar-refractivity contribution in [1.82, 2.24) is 19.9 Å². The number of aromatic nitrogens is 3. The third-order valence-electron chi connectivity index (χ3n) is 3.17. The number of imidazole rings is 1. The highest BCUT2D eigenvalue weighted by molar-refractivity contribution is 5.74. The maximum Gasteiger partial charge on any atom is 0.114 e. The van der Waals surface area contributed by atoms with Gasteiger partial charge in [-0.15, -0.1) is 0 Å². The summed E-state index contributed by atoms with van der Waals surface area (Å²) in [7, 11) is 0. The highest BCUT2D eigenvalue weighted by Gasteiger charge is 2.15. The molecule has 4 nitrogen and oxygen atoms in total. The fourth-order valence-electron chi connectivity index (χ4n) is 2.29. The van der Waals surface area contributed by atoms with Gasteiger partial charge in [0.2, 0.25) is 0 Å². The second-order valence-electron chi connectivity index (χ2n) is 4.69. The van der Waals surface area contributed by atoms with E-state index in [2.05, 4.69) is 41.7 Å². The Morgan fingerprint density at radius 1 is 1.39 bits per heavy atom. The van der Waals surface area contributed by atoms with Crippen LogP contribution in [0.15, 0.2) is 18.5 Å². The van der Waals surface area contributed by atoms with Crippen molar-refractivity contribution in [2.24, 2.45) is 0 Å². The summed E-state index contributed by atoms with van der Waals surface area (Å²) in [6.45, 7) is 9.55. The Hall–Kier alpha value is -1.42. The molecule has 2 heterocycles. The summed E-state index contributed by atoms with van der Waals surface area (Å²) in [5.74, 6) is 1.59. The third-order valence-corrected chi connectivity index (χ3v) is 3.17. The first-order valence-electron chi connectivity index (χ1n) is 6.78. The zero-order chi connectivity index (χ0) is 13.0. The summed E-state index contributed by atoms with van der Waals surface area (Å²) in [4.78, 5) is 8.90. The molecule has 0 saturated carbocycles. The predicted molar refractivity (Wildman–Crippen MR) is 74.8 cm³/mol. The molecule has 0 saturated heterocycles. The van der Waals surface area contributed by atoms with E-state index in [1.807, 2.05) is 12.4 Å². The molecular weight excluding hydrogens is 224 g/mol. The van der Waals surface area contributed by atoms with Gasteiger partial charge >= 0.3 is 0 Å². The van der Waals surface area contributed by atoms with Crippen molar-refractivity contribution in [2.75, 3.05) is 13.1 Å². The van der Waals surface area contributed by atoms with Gasteiger partial charge in [-0.05, 0) is 19.0 Å². The molecule has 2 aromatic rings. The van der Waals surface area contributed by atoms with Crippen LogP contribution in [0.2, 0.25) is 0 Å². The maximum absolute atomic E-state index is 4.74. The van der Waals surface area contributed by atoms with Gasteiger partial charge in [-0.25, -0.2) is 4.98 Å². The van der Waals surface area contributed by atoms with Gasteiger partial charge < -0.3 is 9.88 Å². The number of rotatable bonds is 6. The zero-order valence-corrected chi connectivity index (χ0v) is 11.5. The second kappa shape index (κ2) is 5.96. The molecule has 2 aromatic heterocycles. The molecule has 0 aliphatic heterocycles. The first-order valence-corrected chi connectivity index (χ1v) is 6.78. The van der Waals surface area contributed by atoms with Gasteiger partial charge in [0.15, 0.2) is 0 Å². The van der Waals surface area contributed by atoms with Crippen molar-refractivity contribution >= 4 is 11.0 Å². The highest BCUT2D eigenvalue weighted by Crippen LogP contribution is 2.21. The van der Waals surface area contributed by atoms with Crippen molar-refractivity contribution < 1.29 is 0 Å². The van der Waals surface area contributed by atoms with Crippen LogP contribution in [-0.2, 0) is 6.54 Å². The number of likely N-dealkylation sites (N-methyl/N-ethyl adjacent to an activating group) is 1. The summed E-state index contributed by atoms with van der Waals surface area (Å²) >= 11 is 0. The molecule has 0 aliphatic carbocycles. The van der Waals surface area contributed by atoms with Crippen molar-refractivity contribution in [1.29, 1.82) is 0 Å². The molecule has 18 heavy (non-hydrogen) atoms. The number of hydrogen-bond acceptors (Lipinski definition) is 3. The molecule has 0 aromatic carbocycles. The van der Waals surface area contributed by atoms with Gasteiger partial charge in [0, 0.05) is 25.2 Å². The summed E-state index contributed by atoms with van der Waals surface area (Å²) in [6.07, 6.45) is 4.81. The number of pyridine rings is 1. The molecular formula is C14H22N4. The van der Waals surface area contributed by atoms with Crippen LogP contribution in [0.1, 0.15) is 38.9 Å². The lowest BCUT2D eigenvalue weighted by Gasteiger charge is -2.14. The van der Waals surface area contributed by atoms with Gasteiger partial charge in [0.05, 0.1) is 11.7 Å². The normalized spacial score (nSPS) is 13.1. The van der Waals surface area contributed by atoms with Crippen molar-refractivity contribution in [3.8, 4) is 0 Å². The number of hydrogen-bond donors (Lipinski definition) is 1. The molecule has 2 rings (SSSR count). The Morgan fingerprint density at radius 2 is 2.22 bits per heavy atom. The highest BCUT2D eigenvalue weighted by atomic mass is 15.1. The number of nitrogens with one attached hydrogen (secondary N) is 1. The third kappa shape index (κ3) is 2.53. The van der Waals surface area contributed by atoms with Crippen LogP contribution in [0.25, 0.3) is 11.0 Å². The summed E-state index contributed by atoms with van der Waals surface area (Å²) < 4.78 is 2.33. The van der Waals surface area contributed by atoms with E-state index in [1.165, 1.54) is 11.3 Å². The zero-order valence-electron chi connectivity index (χ0n) is 11.5. The van der Waals surface area contributed by atoms with E-state index in [9.17, 15) is 0 Å². The molecule has 4 heteroatoms. The Labute approximate surface area is 108 Å². The second-order valence-corrected chi connectivity index (χ2v) is 4.69. The standard InChI is InChI=1S/C14H22N4/c1-4-8-18-13-6-7-16-10-12(13)17-14(18)11(3)9-15-5-2/h6-7,10-11,15H,4-5,8-9H2,1-3H3. The smallest absolute Gasteiger partial charge is 0.114 e. The van der Waals surface area contributed by atoms with E-state index < -0.39 is 0 Å². The van der Waals surface area contributed by atoms with E-state index in [0.29, 0.717) is 5.92 Å². The lowest BCUT2D eigenvalue weighted by molar-refractivity contribution is 0.563. The molecule has 0 fully saturated rings. The molecule has 1 unspecified atom stereocenters. The van der Waals surface area contributed by atoms with Crippen molar-refractivity contribution in [3.05, 3.63) is 24.3 Å². The quantitative estimate of drug-likeness (QED) is 0.851. The van der Waals surface area contributed by atoms with Crippen LogP contribution in [0, 0.1) is 0 Å². The Balaban J connectivity index is 2.38. The molecule has 1 N–H and O–H groups in total. The summed E-state index contributed by atoms with van der Waals surface area (Å²) in [6, 6.07) is 2.06. The Bertz CT molecular complexity index is 503. The van der Waals surface area contributed by atoms with Crippen LogP contribution in [0.3, 0.4) is 0 Å². The molecule has 0 aliphatic rings. The minimum Gasteiger partial charge on any atom is -0.328 e. The first-order chi connectivity index (χ1) is 8.77.